The van der Waals surface area contributed by atoms with Crippen molar-refractivity contribution in [2.45, 2.75) is 16.7 Å². The SMILES string of the molecule is O=C1CC(c2ccccc2)C1(Cl)Cl. The second kappa shape index (κ2) is 3.00. The Bertz CT molecular complexity index is 332. The van der Waals surface area contributed by atoms with Crippen LogP contribution in [0.15, 0.2) is 30.3 Å². The molecular formula is C10H8Cl2O. The molecule has 0 aliphatic heterocycles. The maximum Gasteiger partial charge on any atom is 0.183 e. The molecule has 1 saturated carbocycles. The molecule has 1 aromatic rings. The maximum absolute atomic E-state index is 11.1. The average Bonchev–Trinajstić information content (AvgIpc) is 2.15. The minimum Gasteiger partial charge on any atom is -0.296 e. The summed E-state index contributed by atoms with van der Waals surface area (Å²) in [6.45, 7) is 0. The molecule has 3 heteroatoms. The Morgan fingerprint density at radius 1 is 1.23 bits per heavy atom. The van der Waals surface area contributed by atoms with E-state index in [0.717, 1.165) is 5.56 Å². The van der Waals surface area contributed by atoms with E-state index in [9.17, 15) is 4.79 Å². The van der Waals surface area contributed by atoms with Crippen LogP contribution in [0.4, 0.5) is 0 Å². The average molecular weight is 215 g/mol. The lowest BCUT2D eigenvalue weighted by molar-refractivity contribution is -0.125. The van der Waals surface area contributed by atoms with Crippen molar-refractivity contribution in [1.29, 1.82) is 0 Å². The van der Waals surface area contributed by atoms with Crippen molar-refractivity contribution in [3.05, 3.63) is 35.9 Å². The zero-order chi connectivity index (χ0) is 9.47. The molecule has 0 amide bonds. The van der Waals surface area contributed by atoms with Gasteiger partial charge in [-0.2, -0.15) is 0 Å². The van der Waals surface area contributed by atoms with Gasteiger partial charge in [-0.15, -0.1) is 0 Å². The van der Waals surface area contributed by atoms with Gasteiger partial charge < -0.3 is 0 Å². The van der Waals surface area contributed by atoms with Crippen molar-refractivity contribution in [3.63, 3.8) is 0 Å². The summed E-state index contributed by atoms with van der Waals surface area (Å²) < 4.78 is -1.19. The quantitative estimate of drug-likeness (QED) is 0.658. The summed E-state index contributed by atoms with van der Waals surface area (Å²) in [4.78, 5) is 11.1. The lowest BCUT2D eigenvalue weighted by atomic mass is 9.78. The van der Waals surface area contributed by atoms with Gasteiger partial charge in [0.1, 0.15) is 0 Å². The molecule has 0 bridgehead atoms. The Morgan fingerprint density at radius 2 is 1.85 bits per heavy atom. The van der Waals surface area contributed by atoms with Crippen LogP contribution in [0.3, 0.4) is 0 Å². The molecule has 1 aromatic carbocycles. The molecule has 1 nitrogen and oxygen atoms in total. The van der Waals surface area contributed by atoms with Crippen LogP contribution in [-0.2, 0) is 4.79 Å². The molecule has 0 spiro atoms. The van der Waals surface area contributed by atoms with Gasteiger partial charge in [-0.3, -0.25) is 4.79 Å². The van der Waals surface area contributed by atoms with Crippen molar-refractivity contribution in [1.82, 2.24) is 0 Å². The topological polar surface area (TPSA) is 17.1 Å². The monoisotopic (exact) mass is 214 g/mol. The number of carbonyl (C=O) groups is 1. The zero-order valence-corrected chi connectivity index (χ0v) is 8.35. The fraction of sp³-hybridized carbons (Fsp3) is 0.300. The number of rotatable bonds is 1. The highest BCUT2D eigenvalue weighted by Gasteiger charge is 2.52. The largest absolute Gasteiger partial charge is 0.296 e. The smallest absolute Gasteiger partial charge is 0.183 e. The van der Waals surface area contributed by atoms with Gasteiger partial charge >= 0.3 is 0 Å². The van der Waals surface area contributed by atoms with E-state index >= 15 is 0 Å². The Hall–Kier alpha value is -0.530. The standard InChI is InChI=1S/C10H8Cl2O/c11-10(12)8(6-9(10)13)7-4-2-1-3-5-7/h1-5,8H,6H2. The second-order valence-electron chi connectivity index (χ2n) is 3.21. The van der Waals surface area contributed by atoms with Gasteiger partial charge in [-0.25, -0.2) is 0 Å². The van der Waals surface area contributed by atoms with Crippen molar-refractivity contribution < 1.29 is 4.79 Å². The Morgan fingerprint density at radius 3 is 2.31 bits per heavy atom. The summed E-state index contributed by atoms with van der Waals surface area (Å²) in [5.74, 6) is -0.116. The summed E-state index contributed by atoms with van der Waals surface area (Å²) in [5, 5.41) is 0. The first-order valence-corrected chi connectivity index (χ1v) is 4.84. The number of carbonyl (C=O) groups excluding carboxylic acids is 1. The first kappa shape index (κ1) is 9.04. The number of hydrogen-bond donors (Lipinski definition) is 0. The molecule has 13 heavy (non-hydrogen) atoms. The van der Waals surface area contributed by atoms with E-state index in [1.165, 1.54) is 0 Å². The number of Topliss-reactive ketones (excluding diaryl/α,β-unsaturated/α-hetero) is 1. The van der Waals surface area contributed by atoms with Gasteiger partial charge in [0.25, 0.3) is 0 Å². The minimum atomic E-state index is -1.19. The van der Waals surface area contributed by atoms with E-state index in [-0.39, 0.29) is 11.7 Å². The van der Waals surface area contributed by atoms with Crippen molar-refractivity contribution >= 4 is 29.0 Å². The van der Waals surface area contributed by atoms with Crippen LogP contribution >= 0.6 is 23.2 Å². The third kappa shape index (κ3) is 1.36. The summed E-state index contributed by atoms with van der Waals surface area (Å²) in [6.07, 6.45) is 0.455. The fourth-order valence-corrected chi connectivity index (χ4v) is 2.09. The number of ketones is 1. The highest BCUT2D eigenvalue weighted by atomic mass is 35.5. The van der Waals surface area contributed by atoms with Gasteiger partial charge in [-0.05, 0) is 5.56 Å². The molecule has 2 rings (SSSR count). The number of alkyl halides is 2. The zero-order valence-electron chi connectivity index (χ0n) is 6.84. The first-order chi connectivity index (χ1) is 6.12. The van der Waals surface area contributed by atoms with E-state index < -0.39 is 4.33 Å². The van der Waals surface area contributed by atoms with E-state index in [2.05, 4.69) is 0 Å². The minimum absolute atomic E-state index is 0.0375. The van der Waals surface area contributed by atoms with Crippen LogP contribution in [-0.4, -0.2) is 10.1 Å². The van der Waals surface area contributed by atoms with Crippen LogP contribution in [0.1, 0.15) is 17.9 Å². The lowest BCUT2D eigenvalue weighted by Gasteiger charge is -2.38. The molecule has 1 unspecified atom stereocenters. The normalized spacial score (nSPS) is 25.4. The molecule has 0 heterocycles. The highest BCUT2D eigenvalue weighted by Crippen LogP contribution is 2.50. The molecule has 1 aliphatic carbocycles. The molecular weight excluding hydrogens is 207 g/mol. The predicted octanol–water partition coefficient (Wildman–Crippen LogP) is 2.92. The van der Waals surface area contributed by atoms with Crippen molar-refractivity contribution in [2.24, 2.45) is 0 Å². The summed E-state index contributed by atoms with van der Waals surface area (Å²) >= 11 is 11.7. The molecule has 1 atom stereocenters. The molecule has 0 aromatic heterocycles. The van der Waals surface area contributed by atoms with Crippen molar-refractivity contribution in [2.75, 3.05) is 0 Å². The highest BCUT2D eigenvalue weighted by molar-refractivity contribution is 6.61. The van der Waals surface area contributed by atoms with E-state index in [1.807, 2.05) is 30.3 Å². The lowest BCUT2D eigenvalue weighted by Crippen LogP contribution is -2.45. The summed E-state index contributed by atoms with van der Waals surface area (Å²) in [5.41, 5.74) is 1.03. The first-order valence-electron chi connectivity index (χ1n) is 4.08. The molecule has 1 fully saturated rings. The third-order valence-corrected chi connectivity index (χ3v) is 3.35. The third-order valence-electron chi connectivity index (χ3n) is 2.40. The van der Waals surface area contributed by atoms with E-state index in [4.69, 9.17) is 23.2 Å². The molecule has 0 saturated heterocycles. The molecule has 68 valence electrons. The van der Waals surface area contributed by atoms with E-state index in [0.29, 0.717) is 6.42 Å². The van der Waals surface area contributed by atoms with Gasteiger partial charge in [0.05, 0.1) is 0 Å². The van der Waals surface area contributed by atoms with Crippen LogP contribution in [0.5, 0.6) is 0 Å². The maximum atomic E-state index is 11.1. The van der Waals surface area contributed by atoms with Gasteiger partial charge in [0.15, 0.2) is 10.1 Å². The molecule has 1 aliphatic rings. The second-order valence-corrected chi connectivity index (χ2v) is 4.60. The van der Waals surface area contributed by atoms with Gasteiger partial charge in [0, 0.05) is 12.3 Å². The fourth-order valence-electron chi connectivity index (χ4n) is 1.53. The molecule has 0 radical (unpaired) electrons. The van der Waals surface area contributed by atoms with Crippen molar-refractivity contribution in [3.8, 4) is 0 Å². The number of benzene rings is 1. The summed E-state index contributed by atoms with van der Waals surface area (Å²) in [6, 6.07) is 9.64. The Kier molecular flexibility index (Phi) is 2.09. The van der Waals surface area contributed by atoms with Gasteiger partial charge in [0.2, 0.25) is 0 Å². The van der Waals surface area contributed by atoms with Crippen LogP contribution in [0.25, 0.3) is 0 Å². The Balaban J connectivity index is 2.27. The van der Waals surface area contributed by atoms with Gasteiger partial charge in [-0.1, -0.05) is 53.5 Å². The molecule has 0 N–H and O–H groups in total. The number of halogens is 2. The number of hydrogen-bond acceptors (Lipinski definition) is 1. The van der Waals surface area contributed by atoms with Crippen LogP contribution in [0, 0.1) is 0 Å². The predicted molar refractivity (Wildman–Crippen MR) is 53.2 cm³/mol. The van der Waals surface area contributed by atoms with Crippen LogP contribution < -0.4 is 0 Å². The van der Waals surface area contributed by atoms with Crippen LogP contribution in [0.2, 0.25) is 0 Å². The Labute approximate surface area is 86.7 Å². The summed E-state index contributed by atoms with van der Waals surface area (Å²) in [7, 11) is 0. The van der Waals surface area contributed by atoms with E-state index in [1.54, 1.807) is 0 Å².